The molecule has 2 aliphatic carbocycles. The zero-order valence-electron chi connectivity index (χ0n) is 34.4. The van der Waals surface area contributed by atoms with E-state index in [0.29, 0.717) is 43.1 Å². The molecule has 1 amide bonds. The Hall–Kier alpha value is -5.50. The minimum absolute atomic E-state index is 0.0323. The molecule has 0 saturated heterocycles. The minimum atomic E-state index is -1.48. The number of nitro groups is 1. The molecule has 1 fully saturated rings. The highest BCUT2D eigenvalue weighted by Crippen LogP contribution is 2.62. The van der Waals surface area contributed by atoms with Crippen LogP contribution in [0.4, 0.5) is 10.5 Å². The number of aliphatic hydroxyl groups excluding tert-OH is 2. The number of hydrogen-bond acceptors (Lipinski definition) is 11. The molecule has 6 atom stereocenters. The molecule has 0 aromatic heterocycles. The highest BCUT2D eigenvalue weighted by molar-refractivity contribution is 6.03. The van der Waals surface area contributed by atoms with Crippen LogP contribution in [0.15, 0.2) is 115 Å². The molecule has 0 radical (unpaired) electrons. The van der Waals surface area contributed by atoms with Crippen LogP contribution >= 0.6 is 0 Å². The van der Waals surface area contributed by atoms with E-state index in [1.807, 2.05) is 55.5 Å². The Bertz CT molecular complexity index is 1990. The standard InChI is InChI=1S/C47H57N3O10/c1-4-24-49(46(53)59-36-20-18-35(19-21-36)50(54)55)43-31-41(48-58-32-33-14-8-7-9-15-33)39-29-34(16-10-12-25-51)38(17-11-13-26-52)44-40-30-37(56-27-5-2)22-23-42(40)60-47(43,45(39)44)57-28-6-3/h5-9,14-15,18-23,29-30,34,38,43-45,51-52H,2-4,10-13,16-17,24-28,31-32H2,1H3/t34-,38+,43-,44+,45+,47+/m0/s1. The Labute approximate surface area is 352 Å². The molecule has 13 nitrogen and oxygen atoms in total. The van der Waals surface area contributed by atoms with Crippen LogP contribution in [0, 0.1) is 27.9 Å². The van der Waals surface area contributed by atoms with Crippen molar-refractivity contribution in [3.8, 4) is 17.2 Å². The summed E-state index contributed by atoms with van der Waals surface area (Å²) in [5.41, 5.74) is 3.32. The number of carbonyl (C=O) groups excluding carboxylic acids is 1. The largest absolute Gasteiger partial charge is 0.490 e. The number of aliphatic hydroxyl groups is 2. The Morgan fingerprint density at radius 3 is 2.38 bits per heavy atom. The van der Waals surface area contributed by atoms with Gasteiger partial charge in [-0.1, -0.05) is 80.1 Å². The second-order valence-electron chi connectivity index (χ2n) is 15.4. The van der Waals surface area contributed by atoms with E-state index < -0.39 is 28.8 Å². The van der Waals surface area contributed by atoms with Gasteiger partial charge in [0.05, 0.1) is 23.2 Å². The van der Waals surface area contributed by atoms with Crippen molar-refractivity contribution in [1.29, 1.82) is 0 Å². The molecule has 6 rings (SSSR count). The summed E-state index contributed by atoms with van der Waals surface area (Å²) in [4.78, 5) is 33.3. The Morgan fingerprint density at radius 2 is 1.70 bits per heavy atom. The molecule has 1 aliphatic heterocycles. The summed E-state index contributed by atoms with van der Waals surface area (Å²) in [5.74, 6) is -0.736. The molecule has 0 spiro atoms. The summed E-state index contributed by atoms with van der Waals surface area (Å²) in [6, 6.07) is 20.1. The first-order valence-electron chi connectivity index (χ1n) is 21.0. The molecule has 1 saturated carbocycles. The Kier molecular flexibility index (Phi) is 15.5. The number of unbranched alkanes of at least 4 members (excludes halogenated alkanes) is 2. The van der Waals surface area contributed by atoms with Gasteiger partial charge in [0.2, 0.25) is 5.79 Å². The normalized spacial score (nSPS) is 23.3. The first kappa shape index (κ1) is 44.1. The van der Waals surface area contributed by atoms with Gasteiger partial charge in [0.15, 0.2) is 0 Å². The number of oxime groups is 1. The molecule has 13 heteroatoms. The summed E-state index contributed by atoms with van der Waals surface area (Å²) in [5, 5.41) is 36.0. The van der Waals surface area contributed by atoms with E-state index in [9.17, 15) is 25.1 Å². The summed E-state index contributed by atoms with van der Waals surface area (Å²) < 4.78 is 26.3. The Morgan fingerprint density at radius 1 is 0.983 bits per heavy atom. The number of nitro benzene ring substituents is 1. The van der Waals surface area contributed by atoms with Crippen molar-refractivity contribution in [1.82, 2.24) is 4.90 Å². The number of carbonyl (C=O) groups is 1. The zero-order valence-corrected chi connectivity index (χ0v) is 34.4. The maximum atomic E-state index is 14.6. The van der Waals surface area contributed by atoms with Crippen molar-refractivity contribution in [2.24, 2.45) is 22.9 Å². The highest BCUT2D eigenvalue weighted by Gasteiger charge is 2.65. The maximum Gasteiger partial charge on any atom is 0.415 e. The lowest BCUT2D eigenvalue weighted by Crippen LogP contribution is -2.70. The lowest BCUT2D eigenvalue weighted by Gasteiger charge is -2.59. The van der Waals surface area contributed by atoms with E-state index in [-0.39, 0.29) is 68.6 Å². The molecule has 0 bridgehead atoms. The monoisotopic (exact) mass is 823 g/mol. The van der Waals surface area contributed by atoms with Gasteiger partial charge in [-0.15, -0.1) is 6.58 Å². The van der Waals surface area contributed by atoms with Crippen molar-refractivity contribution < 1.29 is 43.7 Å². The summed E-state index contributed by atoms with van der Waals surface area (Å²) in [6.07, 6.45) is 10.2. The number of ether oxygens (including phenoxy) is 4. The van der Waals surface area contributed by atoms with Crippen molar-refractivity contribution in [2.45, 2.75) is 82.6 Å². The SMILES string of the molecule is C=CCOc1ccc2c(c1)[C@H]1[C@H](CCCCO)[C@@H](CCCCO)C=C3C(=NOCc4ccccc4)C[C@H](N(CCC)C(=O)Oc4ccc([N+](=O)[O-])cc4)[C@@](OCC=C)(O2)[C@H]31. The van der Waals surface area contributed by atoms with Crippen LogP contribution in [-0.4, -0.2) is 76.6 Å². The molecule has 320 valence electrons. The quantitative estimate of drug-likeness (QED) is 0.0433. The minimum Gasteiger partial charge on any atom is -0.490 e. The first-order valence-corrected chi connectivity index (χ1v) is 21.0. The van der Waals surface area contributed by atoms with Crippen molar-refractivity contribution in [3.05, 3.63) is 131 Å². The van der Waals surface area contributed by atoms with Gasteiger partial charge < -0.3 is 34.0 Å². The van der Waals surface area contributed by atoms with Gasteiger partial charge in [-0.25, -0.2) is 4.79 Å². The fourth-order valence-electron chi connectivity index (χ4n) is 9.06. The second kappa shape index (κ2) is 21.1. The summed E-state index contributed by atoms with van der Waals surface area (Å²) in [6.45, 7) is 10.9. The highest BCUT2D eigenvalue weighted by atomic mass is 16.7. The number of benzene rings is 3. The molecular weight excluding hydrogens is 767 g/mol. The first-order chi connectivity index (χ1) is 29.3. The molecule has 2 N–H and O–H groups in total. The molecule has 60 heavy (non-hydrogen) atoms. The number of amides is 1. The number of allylic oxidation sites excluding steroid dienone is 1. The van der Waals surface area contributed by atoms with Crippen molar-refractivity contribution in [2.75, 3.05) is 33.0 Å². The molecule has 1 heterocycles. The summed E-state index contributed by atoms with van der Waals surface area (Å²) in [7, 11) is 0. The van der Waals surface area contributed by atoms with Crippen molar-refractivity contribution >= 4 is 17.5 Å². The predicted molar refractivity (Wildman–Crippen MR) is 228 cm³/mol. The van der Waals surface area contributed by atoms with Crippen LogP contribution in [0.3, 0.4) is 0 Å². The Balaban J connectivity index is 1.56. The predicted octanol–water partition coefficient (Wildman–Crippen LogP) is 8.90. The second-order valence-corrected chi connectivity index (χ2v) is 15.4. The fraction of sp³-hybridized carbons (Fsp3) is 0.447. The third-order valence-electron chi connectivity index (χ3n) is 11.6. The van der Waals surface area contributed by atoms with Gasteiger partial charge in [0.25, 0.3) is 5.69 Å². The average molecular weight is 824 g/mol. The molecule has 3 aliphatic rings. The van der Waals surface area contributed by atoms with Crippen molar-refractivity contribution in [3.63, 3.8) is 0 Å². The maximum absolute atomic E-state index is 14.6. The van der Waals surface area contributed by atoms with Crippen LogP contribution in [0.2, 0.25) is 0 Å². The number of rotatable bonds is 22. The number of non-ortho nitro benzene ring substituents is 1. The zero-order chi connectivity index (χ0) is 42.5. The van der Waals surface area contributed by atoms with Crippen LogP contribution < -0.4 is 14.2 Å². The van der Waals surface area contributed by atoms with E-state index in [1.54, 1.807) is 17.1 Å². The molecular formula is C47H57N3O10. The molecule has 0 unspecified atom stereocenters. The van der Waals surface area contributed by atoms with E-state index in [2.05, 4.69) is 19.2 Å². The lowest BCUT2D eigenvalue weighted by molar-refractivity contribution is -0.384. The van der Waals surface area contributed by atoms with E-state index in [4.69, 9.17) is 28.9 Å². The van der Waals surface area contributed by atoms with Gasteiger partial charge in [0, 0.05) is 49.8 Å². The van der Waals surface area contributed by atoms with Crippen LogP contribution in [0.25, 0.3) is 0 Å². The average Bonchev–Trinajstić information content (AvgIpc) is 3.26. The van der Waals surface area contributed by atoms with Crippen LogP contribution in [0.5, 0.6) is 17.2 Å². The van der Waals surface area contributed by atoms with Gasteiger partial charge in [-0.3, -0.25) is 15.0 Å². The summed E-state index contributed by atoms with van der Waals surface area (Å²) >= 11 is 0. The molecule has 3 aromatic carbocycles. The van der Waals surface area contributed by atoms with Gasteiger partial charge in [0.1, 0.15) is 36.5 Å². The van der Waals surface area contributed by atoms with Gasteiger partial charge >= 0.3 is 6.09 Å². The lowest BCUT2D eigenvalue weighted by atomic mass is 9.55. The third kappa shape index (κ3) is 9.92. The fourth-order valence-corrected chi connectivity index (χ4v) is 9.06. The topological polar surface area (TPSA) is 162 Å². The van der Waals surface area contributed by atoms with Crippen LogP contribution in [0.1, 0.15) is 75.3 Å². The van der Waals surface area contributed by atoms with Gasteiger partial charge in [-0.2, -0.15) is 0 Å². The number of nitrogens with zero attached hydrogens (tertiary/aromatic N) is 3. The molecule has 3 aromatic rings. The smallest absolute Gasteiger partial charge is 0.415 e. The van der Waals surface area contributed by atoms with Crippen LogP contribution in [-0.2, 0) is 16.2 Å². The van der Waals surface area contributed by atoms with Gasteiger partial charge in [-0.05, 0) is 85.4 Å². The van der Waals surface area contributed by atoms with E-state index >= 15 is 0 Å². The number of hydrogen-bond donors (Lipinski definition) is 2. The van der Waals surface area contributed by atoms with E-state index in [1.165, 1.54) is 24.3 Å². The third-order valence-corrected chi connectivity index (χ3v) is 11.6. The number of fused-ring (bicyclic) bond motifs is 2. The van der Waals surface area contributed by atoms with E-state index in [0.717, 1.165) is 42.4 Å².